The zero-order valence-electron chi connectivity index (χ0n) is 11.9. The third-order valence-corrected chi connectivity index (χ3v) is 4.97. The molecule has 1 aliphatic heterocycles. The van der Waals surface area contributed by atoms with Crippen LogP contribution in [0.4, 0.5) is 13.2 Å². The Morgan fingerprint density at radius 3 is 2.82 bits per heavy atom. The summed E-state index contributed by atoms with van der Waals surface area (Å²) in [6.07, 6.45) is -3.69. The van der Waals surface area contributed by atoms with E-state index in [4.69, 9.17) is 0 Å². The van der Waals surface area contributed by atoms with E-state index >= 15 is 0 Å². The molecule has 0 N–H and O–H groups in total. The van der Waals surface area contributed by atoms with Crippen molar-refractivity contribution in [3.63, 3.8) is 0 Å². The maximum atomic E-state index is 12.8. The first-order valence-electron chi connectivity index (χ1n) is 6.92. The minimum atomic E-state index is -4.44. The average molecular weight is 325 g/mol. The number of hydrogen-bond acceptors (Lipinski definition) is 2. The Bertz CT molecular complexity index is 707. The lowest BCUT2D eigenvalue weighted by Crippen LogP contribution is -2.38. The Balaban J connectivity index is 1.89. The number of thiophene rings is 1. The number of amides is 1. The van der Waals surface area contributed by atoms with Crippen molar-refractivity contribution in [2.75, 3.05) is 6.54 Å². The molecule has 0 aliphatic carbocycles. The summed E-state index contributed by atoms with van der Waals surface area (Å²) in [5, 5.41) is 1.99. The molecule has 2 heterocycles. The summed E-state index contributed by atoms with van der Waals surface area (Å²) in [5.41, 5.74) is 0.385. The van der Waals surface area contributed by atoms with Crippen LogP contribution in [0.15, 0.2) is 35.7 Å². The molecular formula is C16H14F3NOS. The van der Waals surface area contributed by atoms with Gasteiger partial charge in [-0.25, -0.2) is 0 Å². The number of carbonyl (C=O) groups is 1. The van der Waals surface area contributed by atoms with E-state index in [1.54, 1.807) is 16.2 Å². The van der Waals surface area contributed by atoms with Gasteiger partial charge in [0.05, 0.1) is 11.6 Å². The SMILES string of the molecule is C[C@H]1c2ccsc2CCN1C(=O)c1cccc(C(F)(F)F)c1. The number of alkyl halides is 3. The zero-order valence-corrected chi connectivity index (χ0v) is 12.7. The van der Waals surface area contributed by atoms with Crippen molar-refractivity contribution >= 4 is 17.2 Å². The third-order valence-electron chi connectivity index (χ3n) is 3.97. The van der Waals surface area contributed by atoms with Crippen molar-refractivity contribution in [1.82, 2.24) is 4.90 Å². The quantitative estimate of drug-likeness (QED) is 0.754. The smallest absolute Gasteiger partial charge is 0.331 e. The van der Waals surface area contributed by atoms with E-state index in [1.165, 1.54) is 17.0 Å². The molecule has 2 nitrogen and oxygen atoms in total. The predicted octanol–water partition coefficient (Wildman–Crippen LogP) is 4.53. The summed E-state index contributed by atoms with van der Waals surface area (Å²) in [7, 11) is 0. The van der Waals surface area contributed by atoms with Gasteiger partial charge in [-0.2, -0.15) is 13.2 Å². The van der Waals surface area contributed by atoms with Crippen LogP contribution in [-0.2, 0) is 12.6 Å². The van der Waals surface area contributed by atoms with Crippen molar-refractivity contribution in [1.29, 1.82) is 0 Å². The first-order chi connectivity index (χ1) is 10.4. The van der Waals surface area contributed by atoms with Gasteiger partial charge in [0.1, 0.15) is 0 Å². The molecule has 6 heteroatoms. The molecule has 22 heavy (non-hydrogen) atoms. The molecule has 1 aromatic carbocycles. The van der Waals surface area contributed by atoms with Gasteiger partial charge in [0.2, 0.25) is 0 Å². The molecule has 1 amide bonds. The van der Waals surface area contributed by atoms with E-state index in [0.29, 0.717) is 6.54 Å². The number of fused-ring (bicyclic) bond motifs is 1. The van der Waals surface area contributed by atoms with E-state index in [0.717, 1.165) is 24.1 Å². The van der Waals surface area contributed by atoms with Gasteiger partial charge in [0.25, 0.3) is 5.91 Å². The molecule has 116 valence electrons. The van der Waals surface area contributed by atoms with E-state index in [9.17, 15) is 18.0 Å². The van der Waals surface area contributed by atoms with Crippen LogP contribution in [0.3, 0.4) is 0 Å². The fourth-order valence-electron chi connectivity index (χ4n) is 2.78. The molecule has 0 fully saturated rings. The summed E-state index contributed by atoms with van der Waals surface area (Å²) in [4.78, 5) is 15.5. The largest absolute Gasteiger partial charge is 0.416 e. The second kappa shape index (κ2) is 5.43. The Morgan fingerprint density at radius 1 is 1.32 bits per heavy atom. The van der Waals surface area contributed by atoms with E-state index < -0.39 is 11.7 Å². The summed E-state index contributed by atoms with van der Waals surface area (Å²) < 4.78 is 38.3. The lowest BCUT2D eigenvalue weighted by atomic mass is 10.00. The number of nitrogens with zero attached hydrogens (tertiary/aromatic N) is 1. The van der Waals surface area contributed by atoms with Crippen LogP contribution >= 0.6 is 11.3 Å². The van der Waals surface area contributed by atoms with Crippen LogP contribution in [0.1, 0.15) is 39.3 Å². The minimum Gasteiger partial charge on any atom is -0.331 e. The van der Waals surface area contributed by atoms with E-state index in [1.807, 2.05) is 18.4 Å². The molecule has 3 rings (SSSR count). The van der Waals surface area contributed by atoms with Crippen LogP contribution in [-0.4, -0.2) is 17.4 Å². The normalized spacial score (nSPS) is 18.2. The number of halogens is 3. The van der Waals surface area contributed by atoms with Gasteiger partial charge < -0.3 is 4.90 Å². The van der Waals surface area contributed by atoms with Crippen molar-refractivity contribution in [2.45, 2.75) is 25.6 Å². The standard InChI is InChI=1S/C16H14F3NOS/c1-10-13-6-8-22-14(13)5-7-20(10)15(21)11-3-2-4-12(9-11)16(17,18)19/h2-4,6,8-10H,5,7H2,1H3/t10-/m0/s1. The van der Waals surface area contributed by atoms with Crippen LogP contribution in [0.5, 0.6) is 0 Å². The van der Waals surface area contributed by atoms with Crippen LogP contribution in [0.25, 0.3) is 0 Å². The summed E-state index contributed by atoms with van der Waals surface area (Å²) in [6, 6.07) is 6.49. The number of benzene rings is 1. The maximum absolute atomic E-state index is 12.8. The predicted molar refractivity (Wildman–Crippen MR) is 78.9 cm³/mol. The highest BCUT2D eigenvalue weighted by molar-refractivity contribution is 7.10. The molecule has 0 saturated heterocycles. The van der Waals surface area contributed by atoms with Crippen molar-refractivity contribution < 1.29 is 18.0 Å². The molecule has 0 spiro atoms. The van der Waals surface area contributed by atoms with Crippen LogP contribution < -0.4 is 0 Å². The van der Waals surface area contributed by atoms with Gasteiger partial charge in [-0.1, -0.05) is 6.07 Å². The average Bonchev–Trinajstić information content (AvgIpc) is 2.96. The van der Waals surface area contributed by atoms with Crippen LogP contribution in [0.2, 0.25) is 0 Å². The van der Waals surface area contributed by atoms with Crippen LogP contribution in [0, 0.1) is 0 Å². The van der Waals surface area contributed by atoms with Crippen molar-refractivity contribution in [3.8, 4) is 0 Å². The minimum absolute atomic E-state index is 0.0837. The molecule has 1 aromatic heterocycles. The summed E-state index contributed by atoms with van der Waals surface area (Å²) in [6.45, 7) is 2.44. The van der Waals surface area contributed by atoms with E-state index in [2.05, 4.69) is 0 Å². The van der Waals surface area contributed by atoms with Gasteiger partial charge in [-0.05, 0) is 48.6 Å². The van der Waals surface area contributed by atoms with Gasteiger partial charge in [-0.15, -0.1) is 11.3 Å². The second-order valence-corrected chi connectivity index (χ2v) is 6.30. The Morgan fingerprint density at radius 2 is 2.09 bits per heavy atom. The van der Waals surface area contributed by atoms with Crippen molar-refractivity contribution in [2.24, 2.45) is 0 Å². The lowest BCUT2D eigenvalue weighted by Gasteiger charge is -2.33. The maximum Gasteiger partial charge on any atom is 0.416 e. The number of hydrogen-bond donors (Lipinski definition) is 0. The first kappa shape index (κ1) is 15.1. The molecule has 2 aromatic rings. The lowest BCUT2D eigenvalue weighted by molar-refractivity contribution is -0.137. The van der Waals surface area contributed by atoms with Gasteiger partial charge in [0.15, 0.2) is 0 Å². The van der Waals surface area contributed by atoms with Gasteiger partial charge in [-0.3, -0.25) is 4.79 Å². The van der Waals surface area contributed by atoms with Gasteiger partial charge in [0, 0.05) is 17.0 Å². The molecule has 1 aliphatic rings. The fraction of sp³-hybridized carbons (Fsp3) is 0.312. The highest BCUT2D eigenvalue weighted by atomic mass is 32.1. The molecular weight excluding hydrogens is 311 g/mol. The van der Waals surface area contributed by atoms with E-state index in [-0.39, 0.29) is 17.5 Å². The van der Waals surface area contributed by atoms with Gasteiger partial charge >= 0.3 is 6.18 Å². The molecule has 0 radical (unpaired) electrons. The number of carbonyl (C=O) groups excluding carboxylic acids is 1. The molecule has 0 unspecified atom stereocenters. The fourth-order valence-corrected chi connectivity index (χ4v) is 3.74. The second-order valence-electron chi connectivity index (χ2n) is 5.30. The summed E-state index contributed by atoms with van der Waals surface area (Å²) >= 11 is 1.66. The molecule has 1 atom stereocenters. The highest BCUT2D eigenvalue weighted by Gasteiger charge is 2.33. The molecule has 0 bridgehead atoms. The monoisotopic (exact) mass is 325 g/mol. The summed E-state index contributed by atoms with van der Waals surface area (Å²) in [5.74, 6) is -0.351. The third kappa shape index (κ3) is 2.63. The molecule has 0 saturated carbocycles. The topological polar surface area (TPSA) is 20.3 Å². The zero-order chi connectivity index (χ0) is 15.9. The first-order valence-corrected chi connectivity index (χ1v) is 7.80. The Hall–Kier alpha value is -1.82. The Kier molecular flexibility index (Phi) is 3.72. The Labute approximate surface area is 130 Å². The number of rotatable bonds is 1. The highest BCUT2D eigenvalue weighted by Crippen LogP contribution is 2.34. The van der Waals surface area contributed by atoms with Crippen molar-refractivity contribution in [3.05, 3.63) is 57.3 Å².